The zero-order chi connectivity index (χ0) is 18.9. The highest BCUT2D eigenvalue weighted by molar-refractivity contribution is 5.86. The van der Waals surface area contributed by atoms with E-state index < -0.39 is 0 Å². The summed E-state index contributed by atoms with van der Waals surface area (Å²) < 4.78 is 6.09. The normalized spacial score (nSPS) is 17.2. The number of piperidine rings is 1. The molecule has 5 heteroatoms. The third kappa shape index (κ3) is 3.13. The largest absolute Gasteiger partial charge is 0.417 e. The number of hydrogen-bond donors (Lipinski definition) is 0. The lowest BCUT2D eigenvalue weighted by Crippen LogP contribution is -2.35. The lowest BCUT2D eigenvalue weighted by molar-refractivity contribution is 0.445. The molecule has 2 aromatic carbocycles. The molecule has 4 aromatic rings. The minimum absolute atomic E-state index is 0.543. The van der Waals surface area contributed by atoms with Gasteiger partial charge >= 0.3 is 0 Å². The summed E-state index contributed by atoms with van der Waals surface area (Å²) in [7, 11) is 0. The van der Waals surface area contributed by atoms with Crippen LogP contribution in [0.2, 0.25) is 0 Å². The van der Waals surface area contributed by atoms with Crippen molar-refractivity contribution in [3.05, 3.63) is 60.7 Å². The highest BCUT2D eigenvalue weighted by Crippen LogP contribution is 2.32. The van der Waals surface area contributed by atoms with Crippen LogP contribution in [-0.2, 0) is 0 Å². The Hall–Kier alpha value is -3.21. The topological polar surface area (TPSA) is 55.1 Å². The average Bonchev–Trinajstić information content (AvgIpc) is 3.18. The zero-order valence-corrected chi connectivity index (χ0v) is 15.9. The van der Waals surface area contributed by atoms with Crippen LogP contribution in [0.5, 0.6) is 0 Å². The van der Waals surface area contributed by atoms with Crippen molar-refractivity contribution in [3.63, 3.8) is 0 Å². The number of hydrogen-bond acceptors (Lipinski definition) is 5. The van der Waals surface area contributed by atoms with Crippen molar-refractivity contribution in [1.82, 2.24) is 15.0 Å². The molecule has 0 spiro atoms. The molecular weight excluding hydrogens is 348 g/mol. The molecule has 0 unspecified atom stereocenters. The van der Waals surface area contributed by atoms with Crippen LogP contribution in [-0.4, -0.2) is 28.0 Å². The summed E-state index contributed by atoms with van der Waals surface area (Å²) in [5, 5.41) is 0. The van der Waals surface area contributed by atoms with Gasteiger partial charge in [-0.1, -0.05) is 55.5 Å². The highest BCUT2D eigenvalue weighted by Gasteiger charge is 2.24. The number of oxazole rings is 1. The summed E-state index contributed by atoms with van der Waals surface area (Å²) in [6.07, 6.45) is 2.42. The maximum absolute atomic E-state index is 6.09. The lowest BCUT2D eigenvalue weighted by atomic mass is 10.0. The summed E-state index contributed by atoms with van der Waals surface area (Å²) in [6, 6.07) is 20.0. The Labute approximate surface area is 164 Å². The van der Waals surface area contributed by atoms with E-state index in [1.807, 2.05) is 60.7 Å². The molecule has 0 bridgehead atoms. The molecule has 140 valence electrons. The SMILES string of the molecule is C[C@@H]1CCCN(c2nc(-c3ccccc3)nc3oc(-c4ccccc4)nc23)C1. The van der Waals surface area contributed by atoms with Gasteiger partial charge in [-0.25, -0.2) is 9.97 Å². The van der Waals surface area contributed by atoms with Gasteiger partial charge in [-0.3, -0.25) is 0 Å². The van der Waals surface area contributed by atoms with E-state index >= 15 is 0 Å². The molecule has 0 saturated carbocycles. The van der Waals surface area contributed by atoms with E-state index in [0.717, 1.165) is 42.0 Å². The van der Waals surface area contributed by atoms with E-state index in [0.29, 0.717) is 23.3 Å². The second-order valence-corrected chi connectivity index (χ2v) is 7.47. The monoisotopic (exact) mass is 370 g/mol. The van der Waals surface area contributed by atoms with Gasteiger partial charge in [-0.15, -0.1) is 0 Å². The van der Waals surface area contributed by atoms with Gasteiger partial charge in [0, 0.05) is 24.2 Å². The summed E-state index contributed by atoms with van der Waals surface area (Å²) in [6.45, 7) is 4.26. The van der Waals surface area contributed by atoms with E-state index in [1.165, 1.54) is 6.42 Å². The molecule has 3 heterocycles. The maximum Gasteiger partial charge on any atom is 0.253 e. The third-order valence-electron chi connectivity index (χ3n) is 5.25. The van der Waals surface area contributed by atoms with E-state index in [1.54, 1.807) is 0 Å². The summed E-state index contributed by atoms with van der Waals surface area (Å²) in [5.41, 5.74) is 3.21. The Balaban J connectivity index is 1.69. The Kier molecular flexibility index (Phi) is 4.28. The van der Waals surface area contributed by atoms with Crippen molar-refractivity contribution in [2.24, 2.45) is 5.92 Å². The van der Waals surface area contributed by atoms with Crippen molar-refractivity contribution >= 4 is 17.0 Å². The van der Waals surface area contributed by atoms with Crippen molar-refractivity contribution < 1.29 is 4.42 Å². The van der Waals surface area contributed by atoms with Gasteiger partial charge in [0.25, 0.3) is 5.71 Å². The first-order valence-electron chi connectivity index (χ1n) is 9.82. The van der Waals surface area contributed by atoms with Crippen molar-refractivity contribution in [2.45, 2.75) is 19.8 Å². The fourth-order valence-electron chi connectivity index (χ4n) is 3.83. The van der Waals surface area contributed by atoms with Gasteiger partial charge in [0.15, 0.2) is 17.2 Å². The number of nitrogens with zero attached hydrogens (tertiary/aromatic N) is 4. The van der Waals surface area contributed by atoms with Crippen molar-refractivity contribution in [1.29, 1.82) is 0 Å². The fourth-order valence-corrected chi connectivity index (χ4v) is 3.83. The smallest absolute Gasteiger partial charge is 0.253 e. The van der Waals surface area contributed by atoms with E-state index in [-0.39, 0.29) is 0 Å². The van der Waals surface area contributed by atoms with Crippen LogP contribution in [0, 0.1) is 5.92 Å². The summed E-state index contributed by atoms with van der Waals surface area (Å²) >= 11 is 0. The van der Waals surface area contributed by atoms with Crippen molar-refractivity contribution in [2.75, 3.05) is 18.0 Å². The summed E-state index contributed by atoms with van der Waals surface area (Å²) in [5.74, 6) is 2.78. The number of rotatable bonds is 3. The quantitative estimate of drug-likeness (QED) is 0.497. The van der Waals surface area contributed by atoms with Gasteiger partial charge in [-0.05, 0) is 30.9 Å². The molecule has 28 heavy (non-hydrogen) atoms. The molecule has 1 atom stereocenters. The predicted molar refractivity (Wildman–Crippen MR) is 111 cm³/mol. The molecule has 0 aliphatic carbocycles. The van der Waals surface area contributed by atoms with Gasteiger partial charge < -0.3 is 9.32 Å². The molecule has 1 aliphatic rings. The molecule has 5 nitrogen and oxygen atoms in total. The molecule has 1 aliphatic heterocycles. The standard InChI is InChI=1S/C23H22N4O/c1-16-9-8-14-27(15-16)21-19-23(26-20(25-21)17-10-4-2-5-11-17)28-22(24-19)18-12-6-3-7-13-18/h2-7,10-13,16H,8-9,14-15H2,1H3/t16-/m1/s1. The first-order valence-corrected chi connectivity index (χ1v) is 9.82. The molecular formula is C23H22N4O. The Morgan fingerprint density at radius 1 is 0.893 bits per heavy atom. The average molecular weight is 370 g/mol. The second kappa shape index (κ2) is 7.08. The van der Waals surface area contributed by atoms with E-state index in [2.05, 4.69) is 11.8 Å². The van der Waals surface area contributed by atoms with Crippen LogP contribution in [0.4, 0.5) is 5.82 Å². The Bertz CT molecular complexity index is 1090. The van der Waals surface area contributed by atoms with Gasteiger partial charge in [0.1, 0.15) is 0 Å². The Morgan fingerprint density at radius 3 is 2.32 bits per heavy atom. The molecule has 0 N–H and O–H groups in total. The lowest BCUT2D eigenvalue weighted by Gasteiger charge is -2.31. The van der Waals surface area contributed by atoms with Gasteiger partial charge in [0.05, 0.1) is 0 Å². The minimum atomic E-state index is 0.543. The van der Waals surface area contributed by atoms with Crippen LogP contribution in [0.3, 0.4) is 0 Å². The molecule has 1 fully saturated rings. The Morgan fingerprint density at radius 2 is 1.61 bits per heavy atom. The van der Waals surface area contributed by atoms with E-state index in [4.69, 9.17) is 19.4 Å². The number of aromatic nitrogens is 3. The highest BCUT2D eigenvalue weighted by atomic mass is 16.4. The third-order valence-corrected chi connectivity index (χ3v) is 5.25. The summed E-state index contributed by atoms with van der Waals surface area (Å²) in [4.78, 5) is 16.7. The molecule has 0 amide bonds. The van der Waals surface area contributed by atoms with Crippen LogP contribution < -0.4 is 4.90 Å². The van der Waals surface area contributed by atoms with Crippen LogP contribution >= 0.6 is 0 Å². The van der Waals surface area contributed by atoms with Crippen LogP contribution in [0.15, 0.2) is 65.1 Å². The predicted octanol–water partition coefficient (Wildman–Crippen LogP) is 5.19. The van der Waals surface area contributed by atoms with Gasteiger partial charge in [0.2, 0.25) is 5.89 Å². The first-order chi connectivity index (χ1) is 13.8. The maximum atomic E-state index is 6.09. The minimum Gasteiger partial charge on any atom is -0.417 e. The molecule has 5 rings (SSSR count). The molecule has 2 aromatic heterocycles. The zero-order valence-electron chi connectivity index (χ0n) is 15.9. The first kappa shape index (κ1) is 16.9. The van der Waals surface area contributed by atoms with Gasteiger partial charge in [-0.2, -0.15) is 4.98 Å². The van der Waals surface area contributed by atoms with Crippen LogP contribution in [0.25, 0.3) is 34.1 Å². The van der Waals surface area contributed by atoms with Crippen molar-refractivity contribution in [3.8, 4) is 22.8 Å². The fraction of sp³-hybridized carbons (Fsp3) is 0.261. The number of anilines is 1. The molecule has 0 radical (unpaired) electrons. The second-order valence-electron chi connectivity index (χ2n) is 7.47. The number of benzene rings is 2. The van der Waals surface area contributed by atoms with Crippen LogP contribution in [0.1, 0.15) is 19.8 Å². The molecule has 1 saturated heterocycles. The van der Waals surface area contributed by atoms with E-state index in [9.17, 15) is 0 Å². The number of fused-ring (bicyclic) bond motifs is 1.